The van der Waals surface area contributed by atoms with Crippen molar-refractivity contribution in [3.05, 3.63) is 46.5 Å². The second-order valence-corrected chi connectivity index (χ2v) is 8.80. The average molecular weight is 449 g/mol. The van der Waals surface area contributed by atoms with Gasteiger partial charge in [-0.1, -0.05) is 0 Å². The number of aromatic nitrogens is 3. The fourth-order valence-electron chi connectivity index (χ4n) is 4.51. The predicted octanol–water partition coefficient (Wildman–Crippen LogP) is 2.11. The molecule has 1 saturated heterocycles. The van der Waals surface area contributed by atoms with E-state index in [1.165, 1.54) is 30.6 Å². The maximum absolute atomic E-state index is 14.1. The van der Waals surface area contributed by atoms with Gasteiger partial charge in [0.2, 0.25) is 5.95 Å². The molecule has 1 saturated carbocycles. The summed E-state index contributed by atoms with van der Waals surface area (Å²) in [6, 6.07) is 4.21. The second-order valence-electron chi connectivity index (χ2n) is 8.80. The number of ether oxygens (including phenoxy) is 1. The summed E-state index contributed by atoms with van der Waals surface area (Å²) in [6.45, 7) is 0.874. The van der Waals surface area contributed by atoms with Gasteiger partial charge < -0.3 is 15.0 Å². The number of pyridine rings is 1. The predicted molar refractivity (Wildman–Crippen MR) is 109 cm³/mol. The molecular formula is C21H22F3N5O3. The molecule has 0 amide bonds. The van der Waals surface area contributed by atoms with E-state index in [4.69, 9.17) is 4.74 Å². The number of carbonyl (C=O) groups excluding carboxylic acids is 1. The lowest BCUT2D eigenvalue weighted by molar-refractivity contribution is -0.181. The van der Waals surface area contributed by atoms with Crippen molar-refractivity contribution in [3.8, 4) is 0 Å². The van der Waals surface area contributed by atoms with Gasteiger partial charge in [-0.15, -0.1) is 0 Å². The van der Waals surface area contributed by atoms with Gasteiger partial charge in [0.05, 0.1) is 25.8 Å². The van der Waals surface area contributed by atoms with Gasteiger partial charge in [-0.25, -0.2) is 0 Å². The lowest BCUT2D eigenvalue weighted by atomic mass is 10.00. The SMILES string of the molecule is C[C@@]1(C(F)(F)F)Cn2c(nc(NC[C@H]3OCC4CC43)cc2=O)N1CC(=O)c1cccnc1. The van der Waals surface area contributed by atoms with Crippen molar-refractivity contribution in [1.29, 1.82) is 0 Å². The molecule has 2 fully saturated rings. The zero-order valence-corrected chi connectivity index (χ0v) is 17.3. The number of hydrogen-bond acceptors (Lipinski definition) is 7. The summed E-state index contributed by atoms with van der Waals surface area (Å²) >= 11 is 0. The van der Waals surface area contributed by atoms with Crippen molar-refractivity contribution < 1.29 is 22.7 Å². The minimum Gasteiger partial charge on any atom is -0.376 e. The first-order valence-electron chi connectivity index (χ1n) is 10.4. The minimum absolute atomic E-state index is 0.00140. The number of hydrogen-bond donors (Lipinski definition) is 1. The summed E-state index contributed by atoms with van der Waals surface area (Å²) in [5, 5.41) is 3.03. The van der Waals surface area contributed by atoms with E-state index in [0.29, 0.717) is 25.0 Å². The Balaban J connectivity index is 1.45. The highest BCUT2D eigenvalue weighted by molar-refractivity contribution is 5.99. The standard InChI is InChI=1S/C21H22F3N5O3/c1-20(21(22,23)24)11-28-18(31)6-17(26-8-16-14-5-13(14)10-32-16)27-19(28)29(20)9-15(30)12-3-2-4-25-7-12/h2-4,6-7,13-14,16,26H,5,8-11H2,1H3/t13?,14?,16-,20+/m1/s1. The monoisotopic (exact) mass is 449 g/mol. The second kappa shape index (κ2) is 7.29. The first kappa shape index (κ1) is 20.9. The molecule has 2 unspecified atom stereocenters. The Bertz CT molecular complexity index is 1110. The molecule has 4 atom stereocenters. The summed E-state index contributed by atoms with van der Waals surface area (Å²) < 4.78 is 49.0. The van der Waals surface area contributed by atoms with Crippen LogP contribution in [0.5, 0.6) is 0 Å². The normalized spacial score (nSPS) is 28.4. The van der Waals surface area contributed by atoms with Crippen molar-refractivity contribution in [3.63, 3.8) is 0 Å². The van der Waals surface area contributed by atoms with Crippen LogP contribution in [-0.2, 0) is 11.3 Å². The zero-order valence-electron chi connectivity index (χ0n) is 17.3. The quantitative estimate of drug-likeness (QED) is 0.676. The smallest absolute Gasteiger partial charge is 0.376 e. The molecule has 2 aromatic rings. The maximum Gasteiger partial charge on any atom is 0.413 e. The molecule has 32 heavy (non-hydrogen) atoms. The van der Waals surface area contributed by atoms with Crippen LogP contribution in [0.15, 0.2) is 35.4 Å². The molecule has 1 N–H and O–H groups in total. The van der Waals surface area contributed by atoms with Crippen LogP contribution in [0.4, 0.5) is 24.9 Å². The third-order valence-electron chi connectivity index (χ3n) is 6.65. The van der Waals surface area contributed by atoms with Gasteiger partial charge in [-0.05, 0) is 37.3 Å². The third kappa shape index (κ3) is 3.44. The van der Waals surface area contributed by atoms with Gasteiger partial charge in [0.1, 0.15) is 5.82 Å². The number of nitrogens with one attached hydrogen (secondary N) is 1. The summed E-state index contributed by atoms with van der Waals surface area (Å²) in [5.41, 5.74) is -2.89. The Kier molecular flexibility index (Phi) is 4.77. The van der Waals surface area contributed by atoms with Crippen LogP contribution in [0.25, 0.3) is 0 Å². The number of anilines is 2. The Morgan fingerprint density at radius 1 is 1.41 bits per heavy atom. The van der Waals surface area contributed by atoms with Crippen molar-refractivity contribution in [1.82, 2.24) is 14.5 Å². The lowest BCUT2D eigenvalue weighted by Crippen LogP contribution is -2.57. The van der Waals surface area contributed by atoms with Crippen LogP contribution in [-0.4, -0.2) is 57.8 Å². The van der Waals surface area contributed by atoms with E-state index in [-0.39, 0.29) is 23.4 Å². The maximum atomic E-state index is 14.1. The number of nitrogens with zero attached hydrogens (tertiary/aromatic N) is 4. The largest absolute Gasteiger partial charge is 0.413 e. The topological polar surface area (TPSA) is 89.4 Å². The summed E-state index contributed by atoms with van der Waals surface area (Å²) in [7, 11) is 0. The highest BCUT2D eigenvalue weighted by Crippen LogP contribution is 2.48. The van der Waals surface area contributed by atoms with E-state index in [9.17, 15) is 22.8 Å². The molecule has 0 radical (unpaired) electrons. The van der Waals surface area contributed by atoms with Crippen molar-refractivity contribution >= 4 is 17.5 Å². The highest BCUT2D eigenvalue weighted by atomic mass is 19.4. The molecule has 0 aromatic carbocycles. The van der Waals surface area contributed by atoms with E-state index < -0.39 is 36.1 Å². The fraction of sp³-hybridized carbons (Fsp3) is 0.524. The number of Topliss-reactive ketones (excluding diaryl/α,β-unsaturated/α-hetero) is 1. The van der Waals surface area contributed by atoms with E-state index in [1.807, 2.05) is 0 Å². The molecule has 11 heteroatoms. The molecule has 0 spiro atoms. The lowest BCUT2D eigenvalue weighted by Gasteiger charge is -2.36. The molecule has 3 aliphatic rings. The number of halogens is 3. The van der Waals surface area contributed by atoms with Gasteiger partial charge in [-0.3, -0.25) is 19.1 Å². The molecule has 1 aliphatic carbocycles. The van der Waals surface area contributed by atoms with Crippen LogP contribution in [0.2, 0.25) is 0 Å². The number of ketones is 1. The average Bonchev–Trinajstić information content (AvgIpc) is 3.33. The van der Waals surface area contributed by atoms with Gasteiger partial charge in [0, 0.05) is 30.6 Å². The van der Waals surface area contributed by atoms with E-state index in [1.54, 1.807) is 0 Å². The highest BCUT2D eigenvalue weighted by Gasteiger charge is 2.60. The summed E-state index contributed by atoms with van der Waals surface area (Å²) in [4.78, 5) is 34.5. The summed E-state index contributed by atoms with van der Waals surface area (Å²) in [6.07, 6.45) is -0.815. The summed E-state index contributed by atoms with van der Waals surface area (Å²) in [5.74, 6) is 0.503. The molecule has 0 bridgehead atoms. The van der Waals surface area contributed by atoms with Crippen molar-refractivity contribution in [2.75, 3.05) is 29.9 Å². The molecule has 2 aliphatic heterocycles. The van der Waals surface area contributed by atoms with Gasteiger partial charge >= 0.3 is 6.18 Å². The van der Waals surface area contributed by atoms with Crippen LogP contribution in [0, 0.1) is 11.8 Å². The Morgan fingerprint density at radius 2 is 2.22 bits per heavy atom. The van der Waals surface area contributed by atoms with Gasteiger partial charge in [0.15, 0.2) is 11.3 Å². The van der Waals surface area contributed by atoms with Crippen LogP contribution in [0.3, 0.4) is 0 Å². The van der Waals surface area contributed by atoms with Crippen molar-refractivity contribution in [2.24, 2.45) is 11.8 Å². The number of alkyl halides is 3. The molecular weight excluding hydrogens is 427 g/mol. The Labute approximate surface area is 181 Å². The third-order valence-corrected chi connectivity index (χ3v) is 6.65. The van der Waals surface area contributed by atoms with E-state index >= 15 is 0 Å². The first-order chi connectivity index (χ1) is 15.2. The van der Waals surface area contributed by atoms with Gasteiger partial charge in [-0.2, -0.15) is 18.2 Å². The molecule has 8 nitrogen and oxygen atoms in total. The van der Waals surface area contributed by atoms with Gasteiger partial charge in [0.25, 0.3) is 5.56 Å². The van der Waals surface area contributed by atoms with Crippen LogP contribution in [0.1, 0.15) is 23.7 Å². The number of carbonyl (C=O) groups is 1. The van der Waals surface area contributed by atoms with Crippen LogP contribution >= 0.6 is 0 Å². The molecule has 5 rings (SSSR count). The Hall–Kier alpha value is -2.95. The minimum atomic E-state index is -4.70. The molecule has 4 heterocycles. The van der Waals surface area contributed by atoms with E-state index in [0.717, 1.165) is 22.8 Å². The number of rotatable bonds is 6. The number of fused-ring (bicyclic) bond motifs is 2. The van der Waals surface area contributed by atoms with Crippen molar-refractivity contribution in [2.45, 2.75) is 37.7 Å². The fourth-order valence-corrected chi connectivity index (χ4v) is 4.51. The Morgan fingerprint density at radius 3 is 2.84 bits per heavy atom. The molecule has 2 aromatic heterocycles. The first-order valence-corrected chi connectivity index (χ1v) is 10.4. The zero-order chi connectivity index (χ0) is 22.7. The van der Waals surface area contributed by atoms with Crippen LogP contribution < -0.4 is 15.8 Å². The molecule has 170 valence electrons. The van der Waals surface area contributed by atoms with E-state index in [2.05, 4.69) is 15.3 Å².